The number of allylic oxidation sites excluding steroid dienone is 1. The minimum atomic E-state index is 0.0481. The molecule has 0 saturated heterocycles. The SMILES string of the molecule is CC.CNC(=O)C=C1CCCCCC1. The van der Waals surface area contributed by atoms with E-state index in [1.807, 2.05) is 13.8 Å². The Morgan fingerprint density at radius 1 is 1.14 bits per heavy atom. The van der Waals surface area contributed by atoms with E-state index in [2.05, 4.69) is 5.32 Å². The number of amides is 1. The lowest BCUT2D eigenvalue weighted by Gasteiger charge is -2.00. The molecular formula is C12H23NO. The van der Waals surface area contributed by atoms with E-state index in [1.54, 1.807) is 13.1 Å². The molecule has 14 heavy (non-hydrogen) atoms. The van der Waals surface area contributed by atoms with Gasteiger partial charge in [0.05, 0.1) is 0 Å². The zero-order valence-electron chi connectivity index (χ0n) is 9.73. The van der Waals surface area contributed by atoms with Gasteiger partial charge in [-0.05, 0) is 25.7 Å². The third-order valence-corrected chi connectivity index (χ3v) is 2.33. The van der Waals surface area contributed by atoms with Gasteiger partial charge >= 0.3 is 0 Å². The average Bonchev–Trinajstić information content (AvgIpc) is 2.49. The van der Waals surface area contributed by atoms with Crippen LogP contribution in [-0.2, 0) is 4.79 Å². The minimum Gasteiger partial charge on any atom is -0.356 e. The summed E-state index contributed by atoms with van der Waals surface area (Å²) in [6.07, 6.45) is 9.16. The smallest absolute Gasteiger partial charge is 0.243 e. The first-order valence-electron chi connectivity index (χ1n) is 5.74. The van der Waals surface area contributed by atoms with Crippen molar-refractivity contribution in [2.24, 2.45) is 0 Å². The average molecular weight is 197 g/mol. The van der Waals surface area contributed by atoms with Crippen molar-refractivity contribution in [2.75, 3.05) is 7.05 Å². The fraction of sp³-hybridized carbons (Fsp3) is 0.750. The number of hydrogen-bond acceptors (Lipinski definition) is 1. The van der Waals surface area contributed by atoms with E-state index in [4.69, 9.17) is 0 Å². The van der Waals surface area contributed by atoms with Crippen LogP contribution in [0.1, 0.15) is 52.4 Å². The van der Waals surface area contributed by atoms with Gasteiger partial charge in [0.1, 0.15) is 0 Å². The molecule has 1 N–H and O–H groups in total. The molecule has 82 valence electrons. The predicted molar refractivity (Wildman–Crippen MR) is 61.2 cm³/mol. The largest absolute Gasteiger partial charge is 0.356 e. The maximum Gasteiger partial charge on any atom is 0.243 e. The molecule has 1 aliphatic rings. The second-order valence-corrected chi connectivity index (χ2v) is 3.33. The Morgan fingerprint density at radius 2 is 1.64 bits per heavy atom. The van der Waals surface area contributed by atoms with Crippen molar-refractivity contribution in [3.8, 4) is 0 Å². The summed E-state index contributed by atoms with van der Waals surface area (Å²) in [5, 5.41) is 2.62. The van der Waals surface area contributed by atoms with E-state index in [0.717, 1.165) is 12.8 Å². The molecule has 0 unspecified atom stereocenters. The van der Waals surface area contributed by atoms with Crippen molar-refractivity contribution in [2.45, 2.75) is 52.4 Å². The molecule has 1 amide bonds. The lowest BCUT2D eigenvalue weighted by molar-refractivity contribution is -0.116. The van der Waals surface area contributed by atoms with Crippen LogP contribution in [0.25, 0.3) is 0 Å². The molecule has 0 heterocycles. The second-order valence-electron chi connectivity index (χ2n) is 3.33. The third-order valence-electron chi connectivity index (χ3n) is 2.33. The molecular weight excluding hydrogens is 174 g/mol. The van der Waals surface area contributed by atoms with E-state index in [0.29, 0.717) is 0 Å². The van der Waals surface area contributed by atoms with Crippen LogP contribution in [0.5, 0.6) is 0 Å². The highest BCUT2D eigenvalue weighted by atomic mass is 16.1. The zero-order chi connectivity index (χ0) is 10.8. The van der Waals surface area contributed by atoms with Crippen molar-refractivity contribution in [1.82, 2.24) is 5.32 Å². The Bertz CT molecular complexity index is 175. The van der Waals surface area contributed by atoms with E-state index >= 15 is 0 Å². The molecule has 0 bridgehead atoms. The molecule has 2 heteroatoms. The highest BCUT2D eigenvalue weighted by Crippen LogP contribution is 2.21. The molecule has 0 aromatic rings. The second kappa shape index (κ2) is 8.79. The van der Waals surface area contributed by atoms with Gasteiger partial charge in [-0.25, -0.2) is 0 Å². The molecule has 0 aromatic carbocycles. The van der Waals surface area contributed by atoms with Crippen LogP contribution in [0, 0.1) is 0 Å². The molecule has 0 spiro atoms. The Morgan fingerprint density at radius 3 is 2.07 bits per heavy atom. The molecule has 2 nitrogen and oxygen atoms in total. The summed E-state index contributed by atoms with van der Waals surface area (Å²) >= 11 is 0. The number of hydrogen-bond donors (Lipinski definition) is 1. The summed E-state index contributed by atoms with van der Waals surface area (Å²) in [5.41, 5.74) is 1.33. The molecule has 0 aromatic heterocycles. The van der Waals surface area contributed by atoms with Gasteiger partial charge in [-0.15, -0.1) is 0 Å². The van der Waals surface area contributed by atoms with Gasteiger partial charge in [-0.1, -0.05) is 32.3 Å². The first-order valence-corrected chi connectivity index (χ1v) is 5.74. The maximum atomic E-state index is 11.0. The minimum absolute atomic E-state index is 0.0481. The maximum absolute atomic E-state index is 11.0. The van der Waals surface area contributed by atoms with Crippen LogP contribution >= 0.6 is 0 Å². The molecule has 0 aliphatic heterocycles. The summed E-state index contributed by atoms with van der Waals surface area (Å²) in [7, 11) is 1.68. The van der Waals surface area contributed by atoms with E-state index in [-0.39, 0.29) is 5.91 Å². The normalized spacial score (nSPS) is 16.1. The Hall–Kier alpha value is -0.790. The summed E-state index contributed by atoms with van der Waals surface area (Å²) in [5.74, 6) is 0.0481. The van der Waals surface area contributed by atoms with Crippen LogP contribution in [0.3, 0.4) is 0 Å². The fourth-order valence-electron chi connectivity index (χ4n) is 1.58. The highest BCUT2D eigenvalue weighted by molar-refractivity contribution is 5.87. The number of carbonyl (C=O) groups excluding carboxylic acids is 1. The topological polar surface area (TPSA) is 29.1 Å². The van der Waals surface area contributed by atoms with Crippen molar-refractivity contribution in [3.05, 3.63) is 11.6 Å². The van der Waals surface area contributed by atoms with Crippen LogP contribution in [0.2, 0.25) is 0 Å². The summed E-state index contributed by atoms with van der Waals surface area (Å²) in [6, 6.07) is 0. The molecule has 0 radical (unpaired) electrons. The van der Waals surface area contributed by atoms with Crippen LogP contribution < -0.4 is 5.32 Å². The Labute approximate surface area is 87.8 Å². The standard InChI is InChI=1S/C10H17NO.C2H6/c1-11-10(12)8-9-6-4-2-3-5-7-9;1-2/h8H,2-7H2,1H3,(H,11,12);1-2H3. The highest BCUT2D eigenvalue weighted by Gasteiger charge is 2.05. The Kier molecular flexibility index (Phi) is 8.30. The lowest BCUT2D eigenvalue weighted by atomic mass is 10.1. The number of nitrogens with one attached hydrogen (secondary N) is 1. The van der Waals surface area contributed by atoms with E-state index < -0.39 is 0 Å². The van der Waals surface area contributed by atoms with Gasteiger partial charge in [0, 0.05) is 13.1 Å². The number of rotatable bonds is 1. The van der Waals surface area contributed by atoms with Crippen LogP contribution in [0.15, 0.2) is 11.6 Å². The summed E-state index contributed by atoms with van der Waals surface area (Å²) in [6.45, 7) is 4.00. The van der Waals surface area contributed by atoms with E-state index in [9.17, 15) is 4.79 Å². The molecule has 0 atom stereocenters. The summed E-state index contributed by atoms with van der Waals surface area (Å²) in [4.78, 5) is 11.0. The first-order chi connectivity index (χ1) is 6.83. The molecule has 1 saturated carbocycles. The van der Waals surface area contributed by atoms with Crippen molar-refractivity contribution in [3.63, 3.8) is 0 Å². The van der Waals surface area contributed by atoms with Gasteiger partial charge in [-0.2, -0.15) is 0 Å². The van der Waals surface area contributed by atoms with Gasteiger partial charge in [-0.3, -0.25) is 4.79 Å². The number of likely N-dealkylation sites (N-methyl/N-ethyl adjacent to an activating group) is 1. The number of carbonyl (C=O) groups is 1. The summed E-state index contributed by atoms with van der Waals surface area (Å²) < 4.78 is 0. The van der Waals surface area contributed by atoms with Crippen LogP contribution in [-0.4, -0.2) is 13.0 Å². The molecule has 1 aliphatic carbocycles. The van der Waals surface area contributed by atoms with Gasteiger partial charge in [0.25, 0.3) is 0 Å². The monoisotopic (exact) mass is 197 g/mol. The zero-order valence-corrected chi connectivity index (χ0v) is 9.73. The van der Waals surface area contributed by atoms with Gasteiger partial charge in [0.15, 0.2) is 0 Å². The lowest BCUT2D eigenvalue weighted by Crippen LogP contribution is -2.15. The van der Waals surface area contributed by atoms with Gasteiger partial charge < -0.3 is 5.32 Å². The first kappa shape index (κ1) is 13.2. The van der Waals surface area contributed by atoms with Crippen molar-refractivity contribution < 1.29 is 4.79 Å². The van der Waals surface area contributed by atoms with Crippen molar-refractivity contribution >= 4 is 5.91 Å². The third kappa shape index (κ3) is 5.79. The molecule has 1 fully saturated rings. The van der Waals surface area contributed by atoms with Crippen molar-refractivity contribution in [1.29, 1.82) is 0 Å². The Balaban J connectivity index is 0.000000791. The van der Waals surface area contributed by atoms with E-state index in [1.165, 1.54) is 31.3 Å². The predicted octanol–water partition coefficient (Wildman–Crippen LogP) is 3.04. The van der Waals surface area contributed by atoms with Gasteiger partial charge in [0.2, 0.25) is 5.91 Å². The fourth-order valence-corrected chi connectivity index (χ4v) is 1.58. The quantitative estimate of drug-likeness (QED) is 0.508. The molecule has 1 rings (SSSR count). The van der Waals surface area contributed by atoms with Crippen LogP contribution in [0.4, 0.5) is 0 Å².